The molecule has 124 valence electrons. The van der Waals surface area contributed by atoms with Gasteiger partial charge in [-0.1, -0.05) is 30.3 Å². The molecule has 0 saturated heterocycles. The van der Waals surface area contributed by atoms with Gasteiger partial charge in [0.05, 0.1) is 12.0 Å². The van der Waals surface area contributed by atoms with Gasteiger partial charge in [0.1, 0.15) is 6.61 Å². The molecule has 0 radical (unpaired) electrons. The number of esters is 3. The Kier molecular flexibility index (Phi) is 6.16. The molecular weight excluding hydrogens is 314 g/mol. The minimum absolute atomic E-state index is 0.0274. The third kappa shape index (κ3) is 5.29. The minimum atomic E-state index is -1.71. The fourth-order valence-electron chi connectivity index (χ4n) is 1.75. The van der Waals surface area contributed by atoms with Crippen molar-refractivity contribution in [2.75, 3.05) is 0 Å². The van der Waals surface area contributed by atoms with E-state index in [1.807, 2.05) is 6.07 Å². The highest BCUT2D eigenvalue weighted by Crippen LogP contribution is 2.06. The van der Waals surface area contributed by atoms with Crippen molar-refractivity contribution in [2.45, 2.75) is 19.1 Å². The van der Waals surface area contributed by atoms with Crippen molar-refractivity contribution in [3.05, 3.63) is 66.0 Å². The van der Waals surface area contributed by atoms with Crippen LogP contribution >= 0.6 is 0 Å². The Hall–Kier alpha value is -3.06. The molecule has 0 fully saturated rings. The average Bonchev–Trinajstić information content (AvgIpc) is 2.61. The van der Waals surface area contributed by atoms with E-state index in [4.69, 9.17) is 4.74 Å². The molecule has 2 aromatic rings. The summed E-state index contributed by atoms with van der Waals surface area (Å²) >= 11 is 0. The van der Waals surface area contributed by atoms with Crippen LogP contribution in [0.3, 0.4) is 0 Å². The molecule has 0 aliphatic heterocycles. The summed E-state index contributed by atoms with van der Waals surface area (Å²) in [6.07, 6.45) is 0.313. The molecule has 1 unspecified atom stereocenters. The summed E-state index contributed by atoms with van der Waals surface area (Å²) < 4.78 is 9.42. The van der Waals surface area contributed by atoms with E-state index in [2.05, 4.69) is 9.72 Å². The largest absolute Gasteiger partial charge is 0.459 e. The smallest absolute Gasteiger partial charge is 0.347 e. The van der Waals surface area contributed by atoms with Crippen molar-refractivity contribution in [3.8, 4) is 0 Å². The fourth-order valence-corrected chi connectivity index (χ4v) is 1.75. The van der Waals surface area contributed by atoms with Gasteiger partial charge in [-0.2, -0.15) is 0 Å². The number of rotatable bonds is 6. The van der Waals surface area contributed by atoms with Gasteiger partial charge in [0.15, 0.2) is 6.10 Å². The maximum Gasteiger partial charge on any atom is 0.347 e. The molecule has 0 amide bonds. The molecule has 1 aromatic carbocycles. The maximum absolute atomic E-state index is 11.6. The quantitative estimate of drug-likeness (QED) is 0.628. The van der Waals surface area contributed by atoms with Gasteiger partial charge in [-0.05, 0) is 17.7 Å². The Balaban J connectivity index is 1.78. The van der Waals surface area contributed by atoms with Crippen LogP contribution in [0.15, 0.2) is 54.9 Å². The fraction of sp³-hybridized carbons (Fsp3) is 0.176. The first-order valence-electron chi connectivity index (χ1n) is 7.10. The predicted octanol–water partition coefficient (Wildman–Crippen LogP) is 1.26. The number of benzene rings is 1. The topological polar surface area (TPSA) is 103 Å². The van der Waals surface area contributed by atoms with Gasteiger partial charge < -0.3 is 14.6 Å². The second-order valence-corrected chi connectivity index (χ2v) is 4.82. The Morgan fingerprint density at radius 3 is 2.50 bits per heavy atom. The van der Waals surface area contributed by atoms with E-state index in [0.29, 0.717) is 0 Å². The molecule has 0 bridgehead atoms. The Morgan fingerprint density at radius 2 is 1.83 bits per heavy atom. The third-order valence-electron chi connectivity index (χ3n) is 2.96. The number of aliphatic hydroxyl groups is 1. The van der Waals surface area contributed by atoms with E-state index in [1.165, 1.54) is 24.5 Å². The van der Waals surface area contributed by atoms with Crippen LogP contribution in [0, 0.1) is 0 Å². The van der Waals surface area contributed by atoms with Crippen LogP contribution in [0.4, 0.5) is 0 Å². The van der Waals surface area contributed by atoms with E-state index in [9.17, 15) is 19.5 Å². The highest BCUT2D eigenvalue weighted by Gasteiger charge is 2.23. The van der Waals surface area contributed by atoms with Crippen molar-refractivity contribution < 1.29 is 29.0 Å². The average molecular weight is 329 g/mol. The zero-order valence-corrected chi connectivity index (χ0v) is 12.6. The lowest BCUT2D eigenvalue weighted by atomic mass is 10.2. The van der Waals surface area contributed by atoms with Crippen LogP contribution in [0.25, 0.3) is 0 Å². The van der Waals surface area contributed by atoms with E-state index < -0.39 is 30.4 Å². The number of carbonyl (C=O) groups excluding carboxylic acids is 3. The first-order valence-corrected chi connectivity index (χ1v) is 7.10. The number of hydrogen-bond donors (Lipinski definition) is 1. The van der Waals surface area contributed by atoms with Gasteiger partial charge in [0.2, 0.25) is 0 Å². The minimum Gasteiger partial charge on any atom is -0.459 e. The lowest BCUT2D eigenvalue weighted by Crippen LogP contribution is -2.27. The SMILES string of the molecule is O=C(CC(O)C(=O)OCc1ccccc1)OC(=O)c1cccnc1. The Labute approximate surface area is 137 Å². The van der Waals surface area contributed by atoms with Crippen LogP contribution in [0.1, 0.15) is 22.3 Å². The Morgan fingerprint density at radius 1 is 1.08 bits per heavy atom. The van der Waals surface area contributed by atoms with Gasteiger partial charge in [0.25, 0.3) is 0 Å². The maximum atomic E-state index is 11.6. The summed E-state index contributed by atoms with van der Waals surface area (Å²) in [5.41, 5.74) is 0.833. The number of ether oxygens (including phenoxy) is 2. The Bertz CT molecular complexity index is 702. The molecule has 1 heterocycles. The van der Waals surface area contributed by atoms with Crippen molar-refractivity contribution in [3.63, 3.8) is 0 Å². The second kappa shape index (κ2) is 8.54. The van der Waals surface area contributed by atoms with Crippen LogP contribution in [0.2, 0.25) is 0 Å². The van der Waals surface area contributed by atoms with Gasteiger partial charge in [-0.3, -0.25) is 9.78 Å². The molecule has 7 heteroatoms. The molecule has 0 spiro atoms. The molecular formula is C17H15NO6. The highest BCUT2D eigenvalue weighted by atomic mass is 16.6. The van der Waals surface area contributed by atoms with E-state index >= 15 is 0 Å². The van der Waals surface area contributed by atoms with Gasteiger partial charge >= 0.3 is 17.9 Å². The van der Waals surface area contributed by atoms with Crippen LogP contribution in [0.5, 0.6) is 0 Å². The number of hydrogen-bond acceptors (Lipinski definition) is 7. The van der Waals surface area contributed by atoms with Crippen molar-refractivity contribution >= 4 is 17.9 Å². The van der Waals surface area contributed by atoms with Gasteiger partial charge in [-0.15, -0.1) is 0 Å². The first kappa shape index (κ1) is 17.3. The molecule has 0 aliphatic rings. The van der Waals surface area contributed by atoms with E-state index in [0.717, 1.165) is 5.56 Å². The molecule has 1 N–H and O–H groups in total. The lowest BCUT2D eigenvalue weighted by Gasteiger charge is -2.10. The standard InChI is InChI=1S/C17H15NO6/c19-14(17(22)23-11-12-5-2-1-3-6-12)9-15(20)24-16(21)13-7-4-8-18-10-13/h1-8,10,14,19H,9,11H2. The summed E-state index contributed by atoms with van der Waals surface area (Å²) in [5.74, 6) is -2.91. The van der Waals surface area contributed by atoms with Crippen molar-refractivity contribution in [2.24, 2.45) is 0 Å². The molecule has 7 nitrogen and oxygen atoms in total. The van der Waals surface area contributed by atoms with E-state index in [-0.39, 0.29) is 12.2 Å². The number of nitrogens with zero attached hydrogens (tertiary/aromatic N) is 1. The van der Waals surface area contributed by atoms with Crippen LogP contribution in [-0.2, 0) is 25.7 Å². The molecule has 1 atom stereocenters. The first-order chi connectivity index (χ1) is 11.6. The number of pyridine rings is 1. The van der Waals surface area contributed by atoms with Crippen LogP contribution in [-0.4, -0.2) is 34.1 Å². The summed E-state index contributed by atoms with van der Waals surface area (Å²) in [6, 6.07) is 11.8. The summed E-state index contributed by atoms with van der Waals surface area (Å²) in [5, 5.41) is 9.65. The van der Waals surface area contributed by atoms with Gasteiger partial charge in [0, 0.05) is 12.4 Å². The van der Waals surface area contributed by atoms with Crippen LogP contribution < -0.4 is 0 Å². The van der Waals surface area contributed by atoms with Gasteiger partial charge in [-0.25, -0.2) is 9.59 Å². The zero-order valence-electron chi connectivity index (χ0n) is 12.6. The summed E-state index contributed by atoms with van der Waals surface area (Å²) in [6.45, 7) is -0.0274. The van der Waals surface area contributed by atoms with Crippen molar-refractivity contribution in [1.82, 2.24) is 4.98 Å². The molecule has 2 rings (SSSR count). The predicted molar refractivity (Wildman–Crippen MR) is 81.5 cm³/mol. The highest BCUT2D eigenvalue weighted by molar-refractivity contribution is 5.97. The number of aromatic nitrogens is 1. The number of carbonyl (C=O) groups is 3. The molecule has 24 heavy (non-hydrogen) atoms. The lowest BCUT2D eigenvalue weighted by molar-refractivity contribution is -0.159. The second-order valence-electron chi connectivity index (χ2n) is 4.82. The summed E-state index contributed by atoms with van der Waals surface area (Å²) in [4.78, 5) is 38.6. The molecule has 0 saturated carbocycles. The van der Waals surface area contributed by atoms with E-state index in [1.54, 1.807) is 24.3 Å². The normalized spacial score (nSPS) is 11.4. The summed E-state index contributed by atoms with van der Waals surface area (Å²) in [7, 11) is 0. The zero-order chi connectivity index (χ0) is 17.4. The molecule has 0 aliphatic carbocycles. The molecule has 1 aromatic heterocycles. The number of aliphatic hydroxyl groups excluding tert-OH is 1. The monoisotopic (exact) mass is 329 g/mol. The van der Waals surface area contributed by atoms with Crippen molar-refractivity contribution in [1.29, 1.82) is 0 Å². The third-order valence-corrected chi connectivity index (χ3v) is 2.96.